The number of hydrogen-bond donors (Lipinski definition) is 0. The predicted molar refractivity (Wildman–Crippen MR) is 51.2 cm³/mol. The summed E-state index contributed by atoms with van der Waals surface area (Å²) in [7, 11) is 2.41. The molecule has 1 saturated heterocycles. The van der Waals surface area contributed by atoms with Crippen molar-refractivity contribution in [3.8, 4) is 0 Å². The summed E-state index contributed by atoms with van der Waals surface area (Å²) in [5, 5.41) is 0.780. The van der Waals surface area contributed by atoms with Crippen molar-refractivity contribution < 1.29 is 28.6 Å². The van der Waals surface area contributed by atoms with Gasteiger partial charge >= 0.3 is 12.1 Å². The van der Waals surface area contributed by atoms with E-state index in [0.29, 0.717) is 0 Å². The van der Waals surface area contributed by atoms with Crippen LogP contribution in [0.2, 0.25) is 0 Å². The summed E-state index contributed by atoms with van der Waals surface area (Å²) in [6, 6.07) is 0. The molecule has 1 aliphatic rings. The topological polar surface area (TPSA) is 74.3 Å². The van der Waals surface area contributed by atoms with E-state index in [9.17, 15) is 9.59 Å². The molecule has 0 aromatic heterocycles. The summed E-state index contributed by atoms with van der Waals surface area (Å²) in [6.45, 7) is 2.13. The second-order valence-electron chi connectivity index (χ2n) is 3.06. The lowest BCUT2D eigenvalue weighted by molar-refractivity contribution is -0.237. The van der Waals surface area contributed by atoms with E-state index < -0.39 is 17.8 Å². The van der Waals surface area contributed by atoms with Crippen molar-refractivity contribution in [1.82, 2.24) is 5.06 Å². The lowest BCUT2D eigenvalue weighted by atomic mass is 10.1. The van der Waals surface area contributed by atoms with Crippen molar-refractivity contribution in [3.63, 3.8) is 0 Å². The van der Waals surface area contributed by atoms with Crippen LogP contribution in [0.5, 0.6) is 0 Å². The number of nitrogens with zero attached hydrogens (tertiary/aromatic N) is 1. The molecule has 0 spiro atoms. The first-order valence-corrected chi connectivity index (χ1v) is 4.85. The number of esters is 1. The summed E-state index contributed by atoms with van der Waals surface area (Å²) < 4.78 is 14.4. The van der Waals surface area contributed by atoms with Gasteiger partial charge in [0, 0.05) is 13.0 Å². The third kappa shape index (κ3) is 1.96. The number of hydroxylamine groups is 2. The van der Waals surface area contributed by atoms with E-state index in [-0.39, 0.29) is 19.6 Å². The third-order valence-corrected chi connectivity index (χ3v) is 2.22. The summed E-state index contributed by atoms with van der Waals surface area (Å²) in [6.07, 6.45) is -0.584. The Labute approximate surface area is 93.1 Å². The molecule has 92 valence electrons. The van der Waals surface area contributed by atoms with Crippen molar-refractivity contribution in [2.24, 2.45) is 0 Å². The van der Waals surface area contributed by atoms with Crippen LogP contribution >= 0.6 is 0 Å². The zero-order chi connectivity index (χ0) is 12.2. The smallest absolute Gasteiger partial charge is 0.436 e. The Morgan fingerprint density at radius 1 is 1.38 bits per heavy atom. The molecule has 0 aromatic rings. The second-order valence-corrected chi connectivity index (χ2v) is 3.06. The second kappa shape index (κ2) is 5.13. The Morgan fingerprint density at radius 3 is 2.56 bits per heavy atom. The van der Waals surface area contributed by atoms with E-state index in [0.717, 1.165) is 5.06 Å². The Balaban J connectivity index is 2.97. The molecule has 16 heavy (non-hydrogen) atoms. The molecule has 0 radical (unpaired) electrons. The van der Waals surface area contributed by atoms with E-state index >= 15 is 0 Å². The minimum atomic E-state index is -1.53. The van der Waals surface area contributed by atoms with Crippen LogP contribution in [-0.2, 0) is 23.8 Å². The monoisotopic (exact) mass is 233 g/mol. The summed E-state index contributed by atoms with van der Waals surface area (Å²) in [4.78, 5) is 28.1. The highest BCUT2D eigenvalue weighted by Crippen LogP contribution is 2.30. The van der Waals surface area contributed by atoms with Crippen molar-refractivity contribution in [2.75, 3.05) is 27.4 Å². The molecular formula is C9H15NO6. The fraction of sp³-hybridized carbons (Fsp3) is 0.778. The van der Waals surface area contributed by atoms with Crippen molar-refractivity contribution in [3.05, 3.63) is 0 Å². The minimum absolute atomic E-state index is 0.185. The van der Waals surface area contributed by atoms with E-state index in [2.05, 4.69) is 9.47 Å². The maximum atomic E-state index is 11.7. The van der Waals surface area contributed by atoms with Gasteiger partial charge in [-0.2, -0.15) is 0 Å². The van der Waals surface area contributed by atoms with Crippen LogP contribution in [0, 0.1) is 0 Å². The molecule has 7 nitrogen and oxygen atoms in total. The average molecular weight is 233 g/mol. The number of hydrogen-bond acceptors (Lipinski definition) is 6. The number of rotatable bonds is 3. The SMILES string of the molecule is CCOC1(C(=O)OC)CCON1C(=O)OC. The lowest BCUT2D eigenvalue weighted by Gasteiger charge is -2.31. The van der Waals surface area contributed by atoms with Crippen LogP contribution in [0.25, 0.3) is 0 Å². The van der Waals surface area contributed by atoms with Crippen LogP contribution in [0.15, 0.2) is 0 Å². The standard InChI is InChI=1S/C9H15NO6/c1-4-15-9(7(11)13-2)5-6-16-10(9)8(12)14-3/h4-6H2,1-3H3. The molecule has 1 atom stereocenters. The molecule has 0 aliphatic carbocycles. The molecule has 1 fully saturated rings. The minimum Gasteiger partial charge on any atom is -0.465 e. The van der Waals surface area contributed by atoms with Crippen LogP contribution in [0.4, 0.5) is 4.79 Å². The molecule has 7 heteroatoms. The molecule has 1 aliphatic heterocycles. The largest absolute Gasteiger partial charge is 0.465 e. The zero-order valence-electron chi connectivity index (χ0n) is 9.52. The molecule has 1 rings (SSSR count). The summed E-state index contributed by atoms with van der Waals surface area (Å²) >= 11 is 0. The normalized spacial score (nSPS) is 24.3. The van der Waals surface area contributed by atoms with E-state index in [1.54, 1.807) is 6.92 Å². The fourth-order valence-electron chi connectivity index (χ4n) is 1.54. The molecule has 1 heterocycles. The highest BCUT2D eigenvalue weighted by molar-refractivity contribution is 5.84. The number of carbonyl (C=O) groups excluding carboxylic acids is 2. The van der Waals surface area contributed by atoms with Gasteiger partial charge < -0.3 is 14.2 Å². The number of ether oxygens (including phenoxy) is 3. The zero-order valence-corrected chi connectivity index (χ0v) is 9.52. The highest BCUT2D eigenvalue weighted by atomic mass is 16.8. The van der Waals surface area contributed by atoms with Crippen LogP contribution in [0.3, 0.4) is 0 Å². The first-order chi connectivity index (χ1) is 7.62. The molecule has 0 saturated carbocycles. The average Bonchev–Trinajstić information content (AvgIpc) is 2.72. The van der Waals surface area contributed by atoms with Gasteiger partial charge in [-0.15, -0.1) is 5.06 Å². The van der Waals surface area contributed by atoms with Gasteiger partial charge in [-0.25, -0.2) is 9.59 Å². The van der Waals surface area contributed by atoms with Gasteiger partial charge in [0.1, 0.15) is 0 Å². The number of carbonyl (C=O) groups is 2. The Kier molecular flexibility index (Phi) is 4.08. The quantitative estimate of drug-likeness (QED) is 0.652. The summed E-state index contributed by atoms with van der Waals surface area (Å²) in [5.74, 6) is -0.683. The predicted octanol–water partition coefficient (Wildman–Crippen LogP) is 0.296. The Hall–Kier alpha value is -1.34. The molecule has 0 aromatic carbocycles. The molecule has 0 N–H and O–H groups in total. The van der Waals surface area contributed by atoms with E-state index in [1.807, 2.05) is 0 Å². The first-order valence-electron chi connectivity index (χ1n) is 4.85. The van der Waals surface area contributed by atoms with Gasteiger partial charge in [-0.05, 0) is 6.92 Å². The van der Waals surface area contributed by atoms with Crippen molar-refractivity contribution in [2.45, 2.75) is 19.1 Å². The lowest BCUT2D eigenvalue weighted by Crippen LogP contribution is -2.55. The van der Waals surface area contributed by atoms with Crippen LogP contribution in [-0.4, -0.2) is 50.3 Å². The van der Waals surface area contributed by atoms with E-state index in [1.165, 1.54) is 14.2 Å². The third-order valence-electron chi connectivity index (χ3n) is 2.22. The molecule has 1 unspecified atom stereocenters. The number of amides is 1. The molecule has 1 amide bonds. The highest BCUT2D eigenvalue weighted by Gasteiger charge is 2.54. The van der Waals surface area contributed by atoms with Gasteiger partial charge in [0.15, 0.2) is 0 Å². The first kappa shape index (κ1) is 12.7. The number of methoxy groups -OCH3 is 2. The maximum absolute atomic E-state index is 11.7. The van der Waals surface area contributed by atoms with Crippen molar-refractivity contribution in [1.29, 1.82) is 0 Å². The van der Waals surface area contributed by atoms with Gasteiger partial charge in [-0.3, -0.25) is 4.84 Å². The van der Waals surface area contributed by atoms with E-state index in [4.69, 9.17) is 9.57 Å². The van der Waals surface area contributed by atoms with Gasteiger partial charge in [0.25, 0.3) is 5.72 Å². The van der Waals surface area contributed by atoms with Crippen molar-refractivity contribution >= 4 is 12.1 Å². The van der Waals surface area contributed by atoms with Crippen LogP contribution in [0.1, 0.15) is 13.3 Å². The molecular weight excluding hydrogens is 218 g/mol. The van der Waals surface area contributed by atoms with Gasteiger partial charge in [-0.1, -0.05) is 0 Å². The summed E-state index contributed by atoms with van der Waals surface area (Å²) in [5.41, 5.74) is -1.53. The Morgan fingerprint density at radius 2 is 2.06 bits per heavy atom. The Bertz CT molecular complexity index is 281. The van der Waals surface area contributed by atoms with Gasteiger partial charge in [0.2, 0.25) is 0 Å². The van der Waals surface area contributed by atoms with Gasteiger partial charge in [0.05, 0.1) is 20.8 Å². The van der Waals surface area contributed by atoms with Crippen LogP contribution < -0.4 is 0 Å². The maximum Gasteiger partial charge on any atom is 0.436 e. The fourth-order valence-corrected chi connectivity index (χ4v) is 1.54. The molecule has 0 bridgehead atoms.